The van der Waals surface area contributed by atoms with E-state index >= 15 is 0 Å². The fraction of sp³-hybridized carbons (Fsp3) is 0.444. The number of nitrogens with one attached hydrogen (secondary N) is 2. The summed E-state index contributed by atoms with van der Waals surface area (Å²) in [6.45, 7) is 3.33. The molecule has 1 aliphatic heterocycles. The number of imide groups is 1. The average Bonchev–Trinajstić information content (AvgIpc) is 2.65. The van der Waals surface area contributed by atoms with E-state index in [9.17, 15) is 19.2 Å². The van der Waals surface area contributed by atoms with Gasteiger partial charge in [0.2, 0.25) is 5.91 Å². The quantitative estimate of drug-likeness (QED) is 0.683. The average molecular weight is 393 g/mol. The molecule has 1 heterocycles. The van der Waals surface area contributed by atoms with Crippen molar-refractivity contribution >= 4 is 41.3 Å². The molecule has 1 atom stereocenters. The maximum absolute atomic E-state index is 12.1. The van der Waals surface area contributed by atoms with Gasteiger partial charge in [0.05, 0.1) is 17.9 Å². The first-order chi connectivity index (χ1) is 12.9. The van der Waals surface area contributed by atoms with Crippen molar-refractivity contribution in [2.24, 2.45) is 0 Å². The topological polar surface area (TPSA) is 105 Å². The van der Waals surface area contributed by atoms with Gasteiger partial charge in [0.15, 0.2) is 6.61 Å². The van der Waals surface area contributed by atoms with Crippen LogP contribution in [-0.2, 0) is 19.1 Å². The van der Waals surface area contributed by atoms with E-state index in [1.807, 2.05) is 38.1 Å². The van der Waals surface area contributed by atoms with Gasteiger partial charge in [-0.15, -0.1) is 11.8 Å². The number of rotatable bonds is 7. The van der Waals surface area contributed by atoms with Crippen LogP contribution in [0.1, 0.15) is 26.7 Å². The molecule has 9 heteroatoms. The van der Waals surface area contributed by atoms with Gasteiger partial charge in [0.1, 0.15) is 0 Å². The van der Waals surface area contributed by atoms with Crippen molar-refractivity contribution in [3.8, 4) is 0 Å². The summed E-state index contributed by atoms with van der Waals surface area (Å²) in [7, 11) is 0. The maximum Gasteiger partial charge on any atom is 0.321 e. The van der Waals surface area contributed by atoms with Crippen molar-refractivity contribution in [3.63, 3.8) is 0 Å². The Morgan fingerprint density at radius 1 is 1.30 bits per heavy atom. The van der Waals surface area contributed by atoms with E-state index in [0.717, 1.165) is 17.0 Å². The molecule has 2 N–H and O–H groups in total. The Hall–Kier alpha value is -2.55. The number of nitrogens with zero attached hydrogens (tertiary/aromatic N) is 1. The fourth-order valence-electron chi connectivity index (χ4n) is 2.35. The number of para-hydroxylation sites is 1. The molecule has 0 bridgehead atoms. The first-order valence-corrected chi connectivity index (χ1v) is 9.67. The number of benzene rings is 1. The number of esters is 1. The van der Waals surface area contributed by atoms with Crippen molar-refractivity contribution in [1.82, 2.24) is 10.6 Å². The standard InChI is InChI=1S/C18H23N3O5S/c1-3-12(2)19-18(25)20-15(22)10-26-17(24)8-9-21-13-6-4-5-7-14(13)27-11-16(21)23/h4-7,12H,3,8-11H2,1-2H3,(H2,19,20,22,25)/t12-/m1/s1. The molecule has 4 amide bonds. The molecule has 146 valence electrons. The molecule has 1 aromatic rings. The second-order valence-corrected chi connectivity index (χ2v) is 7.06. The first kappa shape index (κ1) is 20.8. The molecule has 2 rings (SSSR count). The molecule has 0 spiro atoms. The van der Waals surface area contributed by atoms with Crippen molar-refractivity contribution in [2.45, 2.75) is 37.6 Å². The van der Waals surface area contributed by atoms with Gasteiger partial charge in [-0.05, 0) is 25.5 Å². The van der Waals surface area contributed by atoms with Crippen LogP contribution in [0.15, 0.2) is 29.2 Å². The van der Waals surface area contributed by atoms with Crippen molar-refractivity contribution in [2.75, 3.05) is 23.8 Å². The number of amides is 4. The number of urea groups is 1. The smallest absolute Gasteiger partial charge is 0.321 e. The van der Waals surface area contributed by atoms with Crippen LogP contribution in [0, 0.1) is 0 Å². The molecule has 0 saturated heterocycles. The Balaban J connectivity index is 1.76. The number of anilines is 1. The predicted octanol–water partition coefficient (Wildman–Crippen LogP) is 1.68. The van der Waals surface area contributed by atoms with Crippen LogP contribution >= 0.6 is 11.8 Å². The third-order valence-corrected chi connectivity index (χ3v) is 5.00. The third kappa shape index (κ3) is 6.28. The molecular weight excluding hydrogens is 370 g/mol. The van der Waals surface area contributed by atoms with Gasteiger partial charge in [-0.2, -0.15) is 0 Å². The molecule has 8 nitrogen and oxygen atoms in total. The summed E-state index contributed by atoms with van der Waals surface area (Å²) in [5, 5.41) is 4.67. The highest BCUT2D eigenvalue weighted by atomic mass is 32.2. The zero-order valence-electron chi connectivity index (χ0n) is 15.3. The van der Waals surface area contributed by atoms with Crippen LogP contribution < -0.4 is 15.5 Å². The van der Waals surface area contributed by atoms with Crippen LogP contribution in [0.3, 0.4) is 0 Å². The lowest BCUT2D eigenvalue weighted by Crippen LogP contribution is -2.44. The van der Waals surface area contributed by atoms with Crippen LogP contribution in [0.2, 0.25) is 0 Å². The molecular formula is C18H23N3O5S. The zero-order valence-corrected chi connectivity index (χ0v) is 16.1. The summed E-state index contributed by atoms with van der Waals surface area (Å²) in [6.07, 6.45) is 0.685. The SMILES string of the molecule is CC[C@@H](C)NC(=O)NC(=O)COC(=O)CCN1C(=O)CSc2ccccc21. The van der Waals surface area contributed by atoms with Crippen LogP contribution in [0.4, 0.5) is 10.5 Å². The Morgan fingerprint density at radius 2 is 2.04 bits per heavy atom. The van der Waals surface area contributed by atoms with Gasteiger partial charge in [-0.1, -0.05) is 19.1 Å². The number of hydrogen-bond acceptors (Lipinski definition) is 6. The fourth-order valence-corrected chi connectivity index (χ4v) is 3.28. The monoisotopic (exact) mass is 393 g/mol. The number of carbonyl (C=O) groups is 4. The number of carbonyl (C=O) groups excluding carboxylic acids is 4. The second kappa shape index (κ2) is 9.96. The van der Waals surface area contributed by atoms with Crippen molar-refractivity contribution in [1.29, 1.82) is 0 Å². The molecule has 0 unspecified atom stereocenters. The van der Waals surface area contributed by atoms with E-state index < -0.39 is 24.5 Å². The Kier molecular flexibility index (Phi) is 7.66. The summed E-state index contributed by atoms with van der Waals surface area (Å²) >= 11 is 1.46. The highest BCUT2D eigenvalue weighted by Gasteiger charge is 2.25. The lowest BCUT2D eigenvalue weighted by Gasteiger charge is -2.28. The number of ether oxygens (including phenoxy) is 1. The molecule has 27 heavy (non-hydrogen) atoms. The Labute approximate surface area is 162 Å². The van der Waals surface area contributed by atoms with Crippen LogP contribution in [0.25, 0.3) is 0 Å². The summed E-state index contributed by atoms with van der Waals surface area (Å²) in [5.41, 5.74) is 0.769. The number of thioether (sulfide) groups is 1. The van der Waals surface area contributed by atoms with Gasteiger partial charge >= 0.3 is 12.0 Å². The normalized spacial score (nSPS) is 14.1. The zero-order chi connectivity index (χ0) is 19.8. The largest absolute Gasteiger partial charge is 0.456 e. The maximum atomic E-state index is 12.1. The molecule has 0 radical (unpaired) electrons. The van der Waals surface area contributed by atoms with Gasteiger partial charge in [-0.3, -0.25) is 19.7 Å². The Morgan fingerprint density at radius 3 is 2.78 bits per heavy atom. The summed E-state index contributed by atoms with van der Waals surface area (Å²) in [5.74, 6) is -1.08. The first-order valence-electron chi connectivity index (χ1n) is 8.68. The highest BCUT2D eigenvalue weighted by Crippen LogP contribution is 2.34. The second-order valence-electron chi connectivity index (χ2n) is 6.04. The lowest BCUT2D eigenvalue weighted by molar-refractivity contribution is -0.148. The van der Waals surface area contributed by atoms with Crippen molar-refractivity contribution in [3.05, 3.63) is 24.3 Å². The molecule has 0 aliphatic carbocycles. The van der Waals surface area contributed by atoms with E-state index in [1.165, 1.54) is 11.8 Å². The molecule has 0 saturated carbocycles. The van der Waals surface area contributed by atoms with Gasteiger partial charge in [-0.25, -0.2) is 4.79 Å². The van der Waals surface area contributed by atoms with E-state index in [4.69, 9.17) is 4.74 Å². The van der Waals surface area contributed by atoms with E-state index in [0.29, 0.717) is 5.75 Å². The molecule has 1 aromatic carbocycles. The minimum absolute atomic E-state index is 0.0446. The number of hydrogen-bond donors (Lipinski definition) is 2. The van der Waals surface area contributed by atoms with E-state index in [1.54, 1.807) is 4.90 Å². The lowest BCUT2D eigenvalue weighted by atomic mass is 10.2. The summed E-state index contributed by atoms with van der Waals surface area (Å²) in [6, 6.07) is 6.78. The highest BCUT2D eigenvalue weighted by molar-refractivity contribution is 8.00. The minimum atomic E-state index is -0.708. The predicted molar refractivity (Wildman–Crippen MR) is 102 cm³/mol. The number of fused-ring (bicyclic) bond motifs is 1. The van der Waals surface area contributed by atoms with Crippen LogP contribution in [-0.4, -0.2) is 48.8 Å². The third-order valence-electron chi connectivity index (χ3n) is 3.95. The van der Waals surface area contributed by atoms with Gasteiger partial charge in [0.25, 0.3) is 5.91 Å². The van der Waals surface area contributed by atoms with E-state index in [-0.39, 0.29) is 24.9 Å². The molecule has 1 aliphatic rings. The minimum Gasteiger partial charge on any atom is -0.456 e. The van der Waals surface area contributed by atoms with Gasteiger partial charge in [0, 0.05) is 17.5 Å². The Bertz CT molecular complexity index is 725. The summed E-state index contributed by atoms with van der Waals surface area (Å²) in [4.78, 5) is 49.7. The molecule has 0 aromatic heterocycles. The molecule has 0 fully saturated rings. The summed E-state index contributed by atoms with van der Waals surface area (Å²) < 4.78 is 4.88. The van der Waals surface area contributed by atoms with Gasteiger partial charge < -0.3 is 15.0 Å². The van der Waals surface area contributed by atoms with E-state index in [2.05, 4.69) is 10.6 Å². The van der Waals surface area contributed by atoms with Crippen molar-refractivity contribution < 1.29 is 23.9 Å². The van der Waals surface area contributed by atoms with Crippen LogP contribution in [0.5, 0.6) is 0 Å².